The highest BCUT2D eigenvalue weighted by molar-refractivity contribution is 5.00. The summed E-state index contributed by atoms with van der Waals surface area (Å²) < 4.78 is 0. The Hall–Kier alpha value is 0. The molecule has 3 fully saturated rings. The first kappa shape index (κ1) is 26.6. The van der Waals surface area contributed by atoms with Crippen molar-refractivity contribution in [3.05, 3.63) is 0 Å². The van der Waals surface area contributed by atoms with Crippen molar-refractivity contribution >= 4 is 0 Å². The van der Waals surface area contributed by atoms with Gasteiger partial charge in [0, 0.05) is 0 Å². The van der Waals surface area contributed by atoms with Gasteiger partial charge in [0.15, 0.2) is 0 Å². The summed E-state index contributed by atoms with van der Waals surface area (Å²) in [5.74, 6) is 8.29. The van der Waals surface area contributed by atoms with Crippen LogP contribution in [0.1, 0.15) is 134 Å². The van der Waals surface area contributed by atoms with Crippen LogP contribution in [0.15, 0.2) is 0 Å². The van der Waals surface area contributed by atoms with Gasteiger partial charge in [-0.15, -0.1) is 0 Å². The minimum atomic E-state index is 0.422. The van der Waals surface area contributed by atoms with Crippen LogP contribution in [-0.2, 0) is 0 Å². The maximum Gasteiger partial charge on any atom is -0.0334 e. The molecule has 0 spiro atoms. The summed E-state index contributed by atoms with van der Waals surface area (Å²) in [5, 5.41) is 0. The molecule has 0 bridgehead atoms. The molecule has 0 radical (unpaired) electrons. The summed E-state index contributed by atoms with van der Waals surface area (Å²) in [4.78, 5) is 0. The zero-order chi connectivity index (χ0) is 24.1. The van der Waals surface area contributed by atoms with Crippen LogP contribution in [-0.4, -0.2) is 0 Å². The second kappa shape index (κ2) is 9.57. The van der Waals surface area contributed by atoms with Gasteiger partial charge in [0.1, 0.15) is 0 Å². The van der Waals surface area contributed by atoms with E-state index in [1.54, 1.807) is 0 Å². The third-order valence-corrected chi connectivity index (χ3v) is 11.2. The summed E-state index contributed by atoms with van der Waals surface area (Å²) >= 11 is 0. The average Bonchev–Trinajstić information content (AvgIpc) is 2.66. The number of hydrogen-bond donors (Lipinski definition) is 0. The van der Waals surface area contributed by atoms with E-state index in [1.165, 1.54) is 57.8 Å². The fourth-order valence-corrected chi connectivity index (χ4v) is 8.83. The van der Waals surface area contributed by atoms with Gasteiger partial charge in [-0.2, -0.15) is 0 Å². The molecule has 0 aromatic carbocycles. The third kappa shape index (κ3) is 5.79. The van der Waals surface area contributed by atoms with Crippen molar-refractivity contribution in [1.29, 1.82) is 0 Å². The number of hydrogen-bond acceptors (Lipinski definition) is 0. The molecule has 0 N–H and O–H groups in total. The molecule has 3 aliphatic rings. The lowest BCUT2D eigenvalue weighted by Gasteiger charge is -2.56. The van der Waals surface area contributed by atoms with Crippen molar-refractivity contribution in [3.8, 4) is 0 Å². The zero-order valence-corrected chi connectivity index (χ0v) is 24.1. The Labute approximate surface area is 203 Å². The maximum atomic E-state index is 2.71. The monoisotopic (exact) mass is 444 g/mol. The Kier molecular flexibility index (Phi) is 7.95. The van der Waals surface area contributed by atoms with E-state index >= 15 is 0 Å². The molecule has 3 aliphatic carbocycles. The average molecular weight is 445 g/mol. The molecule has 188 valence electrons. The van der Waals surface area contributed by atoms with Gasteiger partial charge >= 0.3 is 0 Å². The first-order valence-corrected chi connectivity index (χ1v) is 14.6. The largest absolute Gasteiger partial charge is 0.0620 e. The predicted molar refractivity (Wildman–Crippen MR) is 143 cm³/mol. The molecule has 3 saturated carbocycles. The van der Waals surface area contributed by atoms with Crippen LogP contribution in [0.2, 0.25) is 0 Å². The van der Waals surface area contributed by atoms with Crippen molar-refractivity contribution in [3.63, 3.8) is 0 Å². The molecule has 0 saturated heterocycles. The first-order chi connectivity index (χ1) is 14.6. The Morgan fingerprint density at radius 3 is 1.38 bits per heavy atom. The van der Waals surface area contributed by atoms with Gasteiger partial charge in [0.25, 0.3) is 0 Å². The van der Waals surface area contributed by atoms with Gasteiger partial charge in [-0.3, -0.25) is 0 Å². The third-order valence-electron chi connectivity index (χ3n) is 11.2. The SMILES string of the molecule is CC1C(C2CCCCC2)CC(C(C)(C)C)CC1C1CC(C(C)(C)C)CC(C(C)(C)C)C1C. The summed E-state index contributed by atoms with van der Waals surface area (Å²) in [6.45, 7) is 28.2. The van der Waals surface area contributed by atoms with E-state index < -0.39 is 0 Å². The molecule has 0 aliphatic heterocycles. The fraction of sp³-hybridized carbons (Fsp3) is 1.00. The quantitative estimate of drug-likeness (QED) is 0.397. The van der Waals surface area contributed by atoms with Crippen molar-refractivity contribution < 1.29 is 0 Å². The Bertz CT molecular complexity index is 587. The topological polar surface area (TPSA) is 0 Å². The van der Waals surface area contributed by atoms with Gasteiger partial charge in [-0.05, 0) is 95.2 Å². The van der Waals surface area contributed by atoms with Crippen LogP contribution in [0.3, 0.4) is 0 Å². The summed E-state index contributed by atoms with van der Waals surface area (Å²) in [6, 6.07) is 0. The van der Waals surface area contributed by atoms with E-state index in [0.717, 1.165) is 53.3 Å². The minimum absolute atomic E-state index is 0.422. The Balaban J connectivity index is 1.94. The summed E-state index contributed by atoms with van der Waals surface area (Å²) in [6.07, 6.45) is 13.5. The lowest BCUT2D eigenvalue weighted by Crippen LogP contribution is -2.49. The molecule has 3 rings (SSSR count). The molecule has 0 heteroatoms. The van der Waals surface area contributed by atoms with Gasteiger partial charge in [0.2, 0.25) is 0 Å². The van der Waals surface area contributed by atoms with Crippen LogP contribution in [0.5, 0.6) is 0 Å². The zero-order valence-electron chi connectivity index (χ0n) is 24.1. The van der Waals surface area contributed by atoms with E-state index in [2.05, 4.69) is 76.2 Å². The van der Waals surface area contributed by atoms with Crippen LogP contribution in [0.25, 0.3) is 0 Å². The smallest absolute Gasteiger partial charge is 0.0334 e. The lowest BCUT2D eigenvalue weighted by atomic mass is 9.49. The van der Waals surface area contributed by atoms with Crippen molar-refractivity contribution in [2.75, 3.05) is 0 Å². The second-order valence-corrected chi connectivity index (χ2v) is 16.1. The summed E-state index contributed by atoms with van der Waals surface area (Å²) in [5.41, 5.74) is 1.31. The van der Waals surface area contributed by atoms with E-state index in [4.69, 9.17) is 0 Å². The lowest BCUT2D eigenvalue weighted by molar-refractivity contribution is -0.0724. The van der Waals surface area contributed by atoms with Crippen LogP contribution in [0, 0.1) is 69.5 Å². The molecule has 0 aromatic heterocycles. The van der Waals surface area contributed by atoms with Gasteiger partial charge in [0.05, 0.1) is 0 Å². The highest BCUT2D eigenvalue weighted by Gasteiger charge is 2.51. The fourth-order valence-electron chi connectivity index (χ4n) is 8.83. The van der Waals surface area contributed by atoms with Crippen molar-refractivity contribution in [2.45, 2.75) is 134 Å². The molecular formula is C32H60. The van der Waals surface area contributed by atoms with Crippen LogP contribution >= 0.6 is 0 Å². The number of rotatable bonds is 2. The Morgan fingerprint density at radius 1 is 0.469 bits per heavy atom. The molecular weight excluding hydrogens is 384 g/mol. The Morgan fingerprint density at radius 2 is 0.906 bits per heavy atom. The highest BCUT2D eigenvalue weighted by atomic mass is 14.6. The first-order valence-electron chi connectivity index (χ1n) is 14.6. The van der Waals surface area contributed by atoms with Gasteiger partial charge in [-0.1, -0.05) is 108 Å². The molecule has 0 nitrogen and oxygen atoms in total. The van der Waals surface area contributed by atoms with E-state index in [-0.39, 0.29) is 0 Å². The maximum absolute atomic E-state index is 2.71. The van der Waals surface area contributed by atoms with E-state index in [9.17, 15) is 0 Å². The van der Waals surface area contributed by atoms with Gasteiger partial charge < -0.3 is 0 Å². The molecule has 8 atom stereocenters. The van der Waals surface area contributed by atoms with Crippen molar-refractivity contribution in [2.24, 2.45) is 69.5 Å². The van der Waals surface area contributed by atoms with Gasteiger partial charge in [-0.25, -0.2) is 0 Å². The minimum Gasteiger partial charge on any atom is -0.0620 e. The van der Waals surface area contributed by atoms with E-state index in [0.29, 0.717) is 16.2 Å². The molecule has 0 aromatic rings. The van der Waals surface area contributed by atoms with Crippen LogP contribution in [0.4, 0.5) is 0 Å². The van der Waals surface area contributed by atoms with Crippen LogP contribution < -0.4 is 0 Å². The normalized spacial score (nSPS) is 41.0. The second-order valence-electron chi connectivity index (χ2n) is 16.1. The predicted octanol–water partition coefficient (Wildman–Crippen LogP) is 10.3. The molecule has 8 unspecified atom stereocenters. The molecule has 32 heavy (non-hydrogen) atoms. The summed E-state index contributed by atoms with van der Waals surface area (Å²) in [7, 11) is 0. The van der Waals surface area contributed by atoms with E-state index in [1.807, 2.05) is 0 Å². The van der Waals surface area contributed by atoms with Crippen molar-refractivity contribution in [1.82, 2.24) is 0 Å². The standard InChI is InChI=1S/C32H60/c1-21-26(23-15-13-12-14-16-23)17-24(30(3,4)5)18-27(21)28-19-25(31(6,7)8)20-29(22(28)2)32(9,10)11/h21-29H,12-20H2,1-11H3. The molecule has 0 heterocycles. The molecule has 0 amide bonds. The highest BCUT2D eigenvalue weighted by Crippen LogP contribution is 2.59.